The third kappa shape index (κ3) is 3.90. The number of benzene rings is 1. The molecule has 3 heteroatoms. The lowest BCUT2D eigenvalue weighted by Crippen LogP contribution is -2.23. The van der Waals surface area contributed by atoms with E-state index in [4.69, 9.17) is 0 Å². The highest BCUT2D eigenvalue weighted by molar-refractivity contribution is 9.10. The summed E-state index contributed by atoms with van der Waals surface area (Å²) in [6.07, 6.45) is 4.96. The van der Waals surface area contributed by atoms with Crippen molar-refractivity contribution < 1.29 is 0 Å². The first-order chi connectivity index (χ1) is 9.60. The summed E-state index contributed by atoms with van der Waals surface area (Å²) in [5, 5.41) is 3.62. The number of pyridine rings is 1. The molecule has 0 aliphatic carbocycles. The van der Waals surface area contributed by atoms with Gasteiger partial charge in [-0.05, 0) is 61.2 Å². The third-order valence-electron chi connectivity index (χ3n) is 3.23. The van der Waals surface area contributed by atoms with Gasteiger partial charge in [-0.15, -0.1) is 0 Å². The summed E-state index contributed by atoms with van der Waals surface area (Å²) < 4.78 is 1.12. The Labute approximate surface area is 129 Å². The summed E-state index contributed by atoms with van der Waals surface area (Å²) in [5.74, 6) is 0. The minimum absolute atomic E-state index is 0.193. The van der Waals surface area contributed by atoms with Crippen molar-refractivity contribution in [3.05, 3.63) is 63.4 Å². The first-order valence-corrected chi connectivity index (χ1v) is 7.81. The second kappa shape index (κ2) is 7.00. The van der Waals surface area contributed by atoms with E-state index < -0.39 is 0 Å². The molecule has 0 radical (unpaired) electrons. The van der Waals surface area contributed by atoms with Crippen molar-refractivity contribution in [1.82, 2.24) is 10.3 Å². The Morgan fingerprint density at radius 1 is 1.05 bits per heavy atom. The van der Waals surface area contributed by atoms with Gasteiger partial charge in [0, 0.05) is 16.9 Å². The zero-order valence-corrected chi connectivity index (χ0v) is 13.9. The first kappa shape index (κ1) is 15.2. The highest BCUT2D eigenvalue weighted by Gasteiger charge is 2.14. The normalized spacial score (nSPS) is 12.4. The van der Waals surface area contributed by atoms with Crippen molar-refractivity contribution in [3.63, 3.8) is 0 Å². The van der Waals surface area contributed by atoms with E-state index in [1.54, 1.807) is 0 Å². The predicted molar refractivity (Wildman–Crippen MR) is 88.0 cm³/mol. The SMILES string of the molecule is CCCNC(c1cncc(C)c1)c1cc(C)cc(Br)c1. The third-order valence-corrected chi connectivity index (χ3v) is 3.68. The van der Waals surface area contributed by atoms with E-state index in [9.17, 15) is 0 Å². The van der Waals surface area contributed by atoms with Gasteiger partial charge < -0.3 is 5.32 Å². The van der Waals surface area contributed by atoms with Gasteiger partial charge in [0.1, 0.15) is 0 Å². The Bertz CT molecular complexity index is 561. The van der Waals surface area contributed by atoms with Crippen molar-refractivity contribution in [2.24, 2.45) is 0 Å². The number of aryl methyl sites for hydroxylation is 2. The van der Waals surface area contributed by atoms with Crippen LogP contribution in [0.3, 0.4) is 0 Å². The fourth-order valence-corrected chi connectivity index (χ4v) is 3.01. The lowest BCUT2D eigenvalue weighted by atomic mass is 9.97. The van der Waals surface area contributed by atoms with Crippen LogP contribution in [-0.4, -0.2) is 11.5 Å². The minimum Gasteiger partial charge on any atom is -0.306 e. The largest absolute Gasteiger partial charge is 0.306 e. The van der Waals surface area contributed by atoms with Gasteiger partial charge in [0.05, 0.1) is 6.04 Å². The second-order valence-corrected chi connectivity index (χ2v) is 6.16. The van der Waals surface area contributed by atoms with Gasteiger partial charge in [0.2, 0.25) is 0 Å². The van der Waals surface area contributed by atoms with Gasteiger partial charge in [-0.1, -0.05) is 35.0 Å². The number of halogens is 1. The topological polar surface area (TPSA) is 24.9 Å². The molecule has 0 aliphatic rings. The van der Waals surface area contributed by atoms with E-state index in [0.29, 0.717) is 0 Å². The smallest absolute Gasteiger partial charge is 0.0592 e. The fraction of sp³-hybridized carbons (Fsp3) is 0.353. The van der Waals surface area contributed by atoms with Crippen LogP contribution in [0.15, 0.2) is 41.1 Å². The summed E-state index contributed by atoms with van der Waals surface area (Å²) in [6, 6.07) is 8.95. The van der Waals surface area contributed by atoms with E-state index in [0.717, 1.165) is 17.4 Å². The molecule has 2 aromatic rings. The first-order valence-electron chi connectivity index (χ1n) is 7.02. The van der Waals surface area contributed by atoms with Crippen LogP contribution in [-0.2, 0) is 0 Å². The molecule has 1 heterocycles. The highest BCUT2D eigenvalue weighted by Crippen LogP contribution is 2.26. The minimum atomic E-state index is 0.193. The Hall–Kier alpha value is -1.19. The summed E-state index contributed by atoms with van der Waals surface area (Å²) in [6.45, 7) is 7.38. The van der Waals surface area contributed by atoms with E-state index in [1.165, 1.54) is 22.3 Å². The Balaban J connectivity index is 2.41. The molecule has 0 aliphatic heterocycles. The standard InChI is InChI=1S/C17H21BrN2/c1-4-5-20-17(15-7-13(3)10-19-11-15)14-6-12(2)8-16(18)9-14/h6-11,17,20H,4-5H2,1-3H3. The van der Waals surface area contributed by atoms with Crippen LogP contribution >= 0.6 is 15.9 Å². The summed E-state index contributed by atoms with van der Waals surface area (Å²) >= 11 is 3.59. The van der Waals surface area contributed by atoms with Crippen LogP contribution in [0, 0.1) is 13.8 Å². The van der Waals surface area contributed by atoms with Gasteiger partial charge >= 0.3 is 0 Å². The number of hydrogen-bond acceptors (Lipinski definition) is 2. The Morgan fingerprint density at radius 2 is 1.80 bits per heavy atom. The van der Waals surface area contributed by atoms with Crippen molar-refractivity contribution in [1.29, 1.82) is 0 Å². The van der Waals surface area contributed by atoms with Gasteiger partial charge in [-0.2, -0.15) is 0 Å². The summed E-state index contributed by atoms with van der Waals surface area (Å²) in [7, 11) is 0. The number of rotatable bonds is 5. The molecule has 20 heavy (non-hydrogen) atoms. The molecular formula is C17H21BrN2. The molecule has 0 bridgehead atoms. The molecule has 0 fully saturated rings. The van der Waals surface area contributed by atoms with Gasteiger partial charge in [0.15, 0.2) is 0 Å². The maximum atomic E-state index is 4.33. The van der Waals surface area contributed by atoms with E-state index in [-0.39, 0.29) is 6.04 Å². The zero-order valence-electron chi connectivity index (χ0n) is 12.3. The fourth-order valence-electron chi connectivity index (χ4n) is 2.38. The van der Waals surface area contributed by atoms with Crippen LogP contribution in [0.4, 0.5) is 0 Å². The molecule has 0 amide bonds. The summed E-state index contributed by atoms with van der Waals surface area (Å²) in [4.78, 5) is 4.33. The van der Waals surface area contributed by atoms with Crippen molar-refractivity contribution >= 4 is 15.9 Å². The van der Waals surface area contributed by atoms with Crippen LogP contribution < -0.4 is 5.32 Å². The molecule has 0 saturated carbocycles. The molecule has 1 unspecified atom stereocenters. The van der Waals surface area contributed by atoms with Gasteiger partial charge in [-0.3, -0.25) is 4.98 Å². The van der Waals surface area contributed by atoms with Gasteiger partial charge in [0.25, 0.3) is 0 Å². The quantitative estimate of drug-likeness (QED) is 0.868. The average Bonchev–Trinajstić information content (AvgIpc) is 2.38. The number of hydrogen-bond donors (Lipinski definition) is 1. The van der Waals surface area contributed by atoms with Crippen molar-refractivity contribution in [3.8, 4) is 0 Å². The molecule has 1 aromatic heterocycles. The second-order valence-electron chi connectivity index (χ2n) is 5.24. The number of nitrogens with zero attached hydrogens (tertiary/aromatic N) is 1. The van der Waals surface area contributed by atoms with Crippen LogP contribution in [0.5, 0.6) is 0 Å². The summed E-state index contributed by atoms with van der Waals surface area (Å²) in [5.41, 5.74) is 4.95. The van der Waals surface area contributed by atoms with Crippen LogP contribution in [0.25, 0.3) is 0 Å². The maximum absolute atomic E-state index is 4.33. The average molecular weight is 333 g/mol. The Kier molecular flexibility index (Phi) is 5.32. The number of nitrogens with one attached hydrogen (secondary N) is 1. The van der Waals surface area contributed by atoms with E-state index in [2.05, 4.69) is 71.3 Å². The molecule has 106 valence electrons. The molecule has 0 saturated heterocycles. The predicted octanol–water partition coefficient (Wildman–Crippen LogP) is 4.55. The van der Waals surface area contributed by atoms with E-state index >= 15 is 0 Å². The zero-order chi connectivity index (χ0) is 14.5. The number of aromatic nitrogens is 1. The van der Waals surface area contributed by atoms with E-state index in [1.807, 2.05) is 12.4 Å². The molecule has 0 spiro atoms. The highest BCUT2D eigenvalue weighted by atomic mass is 79.9. The van der Waals surface area contributed by atoms with Crippen LogP contribution in [0.2, 0.25) is 0 Å². The molecule has 1 N–H and O–H groups in total. The lowest BCUT2D eigenvalue weighted by molar-refractivity contribution is 0.596. The molecule has 1 atom stereocenters. The Morgan fingerprint density at radius 3 is 2.45 bits per heavy atom. The monoisotopic (exact) mass is 332 g/mol. The molecular weight excluding hydrogens is 312 g/mol. The van der Waals surface area contributed by atoms with Crippen molar-refractivity contribution in [2.75, 3.05) is 6.54 Å². The lowest BCUT2D eigenvalue weighted by Gasteiger charge is -2.20. The van der Waals surface area contributed by atoms with Gasteiger partial charge in [-0.25, -0.2) is 0 Å². The maximum Gasteiger partial charge on any atom is 0.0592 e. The van der Waals surface area contributed by atoms with Crippen LogP contribution in [0.1, 0.15) is 41.6 Å². The molecule has 2 nitrogen and oxygen atoms in total. The molecule has 1 aromatic carbocycles. The van der Waals surface area contributed by atoms with Crippen molar-refractivity contribution in [2.45, 2.75) is 33.2 Å². The molecule has 2 rings (SSSR count).